The van der Waals surface area contributed by atoms with Crippen LogP contribution >= 0.6 is 23.5 Å². The zero-order valence-electron chi connectivity index (χ0n) is 16.8. The number of thioether (sulfide) groups is 2. The summed E-state index contributed by atoms with van der Waals surface area (Å²) in [6.45, 7) is 1.34. The summed E-state index contributed by atoms with van der Waals surface area (Å²) in [5.41, 5.74) is 3.82. The van der Waals surface area contributed by atoms with E-state index in [1.807, 2.05) is 69.4 Å². The van der Waals surface area contributed by atoms with E-state index in [2.05, 4.69) is 17.1 Å². The van der Waals surface area contributed by atoms with Gasteiger partial charge < -0.3 is 9.88 Å². The summed E-state index contributed by atoms with van der Waals surface area (Å²) in [6, 6.07) is 16.1. The standard InChI is InChI=1S/C23H25N3O2S2/c27-21(16-6-8-17(9-7-16)22-29-14-3-15-30-22)25-12-10-18(11-13-25)26-20-5-2-1-4-19(20)24-23(26)28/h1-2,4-9,18,22H,3,10-15H2,(H,24,28). The van der Waals surface area contributed by atoms with Gasteiger partial charge in [-0.3, -0.25) is 9.36 Å². The molecule has 2 saturated heterocycles. The molecule has 0 bridgehead atoms. The molecule has 2 fully saturated rings. The Morgan fingerprint density at radius 2 is 1.67 bits per heavy atom. The average Bonchev–Trinajstić information content (AvgIpc) is 3.15. The number of aromatic nitrogens is 2. The molecule has 2 aliphatic rings. The molecule has 1 N–H and O–H groups in total. The summed E-state index contributed by atoms with van der Waals surface area (Å²) >= 11 is 3.99. The highest BCUT2D eigenvalue weighted by atomic mass is 32.2. The number of para-hydroxylation sites is 2. The number of amides is 1. The Balaban J connectivity index is 1.25. The Hall–Kier alpha value is -2.12. The van der Waals surface area contributed by atoms with E-state index >= 15 is 0 Å². The predicted octanol–water partition coefficient (Wildman–Crippen LogP) is 4.68. The number of carbonyl (C=O) groups excluding carboxylic acids is 1. The number of nitrogens with one attached hydrogen (secondary N) is 1. The van der Waals surface area contributed by atoms with Crippen LogP contribution in [0.25, 0.3) is 11.0 Å². The molecule has 0 radical (unpaired) electrons. The Morgan fingerprint density at radius 3 is 2.40 bits per heavy atom. The zero-order valence-corrected chi connectivity index (χ0v) is 18.4. The lowest BCUT2D eigenvalue weighted by atomic mass is 10.0. The summed E-state index contributed by atoms with van der Waals surface area (Å²) in [5, 5.41) is 0. The van der Waals surface area contributed by atoms with Gasteiger partial charge in [0.1, 0.15) is 0 Å². The van der Waals surface area contributed by atoms with Crippen molar-refractivity contribution >= 4 is 40.5 Å². The van der Waals surface area contributed by atoms with Crippen molar-refractivity contribution in [1.29, 1.82) is 0 Å². The molecule has 0 spiro atoms. The topological polar surface area (TPSA) is 58.1 Å². The highest BCUT2D eigenvalue weighted by Gasteiger charge is 2.27. The third kappa shape index (κ3) is 3.81. The highest BCUT2D eigenvalue weighted by molar-refractivity contribution is 8.16. The number of benzene rings is 2. The molecule has 5 nitrogen and oxygen atoms in total. The first-order chi connectivity index (χ1) is 14.7. The molecule has 7 heteroatoms. The number of piperidine rings is 1. The zero-order chi connectivity index (χ0) is 20.5. The Kier molecular flexibility index (Phi) is 5.65. The van der Waals surface area contributed by atoms with E-state index in [-0.39, 0.29) is 17.6 Å². The van der Waals surface area contributed by atoms with E-state index in [4.69, 9.17) is 0 Å². The number of hydrogen-bond acceptors (Lipinski definition) is 4. The van der Waals surface area contributed by atoms with Crippen molar-refractivity contribution in [2.75, 3.05) is 24.6 Å². The number of rotatable bonds is 3. The molecule has 0 atom stereocenters. The molecule has 0 saturated carbocycles. The maximum atomic E-state index is 13.0. The van der Waals surface area contributed by atoms with Crippen molar-refractivity contribution in [3.8, 4) is 0 Å². The minimum absolute atomic E-state index is 0.0602. The van der Waals surface area contributed by atoms with E-state index in [0.717, 1.165) is 29.4 Å². The second kappa shape index (κ2) is 8.55. The molecule has 0 aliphatic carbocycles. The van der Waals surface area contributed by atoms with Crippen LogP contribution in [-0.4, -0.2) is 45.0 Å². The summed E-state index contributed by atoms with van der Waals surface area (Å²) in [4.78, 5) is 30.3. The monoisotopic (exact) mass is 439 g/mol. The van der Waals surface area contributed by atoms with Crippen LogP contribution in [0.15, 0.2) is 53.3 Å². The molecule has 1 amide bonds. The lowest BCUT2D eigenvalue weighted by Crippen LogP contribution is -2.40. The highest BCUT2D eigenvalue weighted by Crippen LogP contribution is 2.43. The smallest absolute Gasteiger partial charge is 0.326 e. The van der Waals surface area contributed by atoms with Crippen LogP contribution in [0, 0.1) is 0 Å². The number of aromatic amines is 1. The molecule has 1 aromatic heterocycles. The minimum Gasteiger partial charge on any atom is -0.338 e. The molecule has 0 unspecified atom stereocenters. The lowest BCUT2D eigenvalue weighted by molar-refractivity contribution is 0.0695. The van der Waals surface area contributed by atoms with Gasteiger partial charge in [0.05, 0.1) is 15.6 Å². The first kappa shape index (κ1) is 19.8. The molecule has 3 heterocycles. The van der Waals surface area contributed by atoms with Gasteiger partial charge in [0, 0.05) is 24.7 Å². The molecular weight excluding hydrogens is 414 g/mol. The van der Waals surface area contributed by atoms with Crippen molar-refractivity contribution in [1.82, 2.24) is 14.5 Å². The lowest BCUT2D eigenvalue weighted by Gasteiger charge is -2.32. The third-order valence-electron chi connectivity index (χ3n) is 6.00. The summed E-state index contributed by atoms with van der Waals surface area (Å²) in [6.07, 6.45) is 2.87. The third-order valence-corrected chi connectivity index (χ3v) is 9.01. The average molecular weight is 440 g/mol. The molecule has 5 rings (SSSR count). The normalized spacial score (nSPS) is 18.7. The Labute approximate surface area is 184 Å². The Morgan fingerprint density at radius 1 is 0.967 bits per heavy atom. The van der Waals surface area contributed by atoms with E-state index in [9.17, 15) is 9.59 Å². The van der Waals surface area contributed by atoms with Crippen LogP contribution in [0.1, 0.15) is 45.8 Å². The van der Waals surface area contributed by atoms with Crippen LogP contribution in [0.2, 0.25) is 0 Å². The van der Waals surface area contributed by atoms with Gasteiger partial charge in [-0.2, -0.15) is 0 Å². The molecule has 2 aliphatic heterocycles. The van der Waals surface area contributed by atoms with Gasteiger partial charge in [0.25, 0.3) is 5.91 Å². The van der Waals surface area contributed by atoms with Crippen molar-refractivity contribution in [3.05, 3.63) is 70.1 Å². The van der Waals surface area contributed by atoms with Crippen LogP contribution < -0.4 is 5.69 Å². The SMILES string of the molecule is O=C(c1ccc(C2SCCCS2)cc1)N1CCC(n2c(=O)[nH]c3ccccc32)CC1. The number of nitrogens with zero attached hydrogens (tertiary/aromatic N) is 2. The fourth-order valence-electron chi connectivity index (χ4n) is 4.41. The van der Waals surface area contributed by atoms with Gasteiger partial charge in [-0.25, -0.2) is 4.79 Å². The minimum atomic E-state index is -0.0602. The maximum Gasteiger partial charge on any atom is 0.326 e. The van der Waals surface area contributed by atoms with Gasteiger partial charge in [-0.05, 0) is 60.6 Å². The maximum absolute atomic E-state index is 13.0. The largest absolute Gasteiger partial charge is 0.338 e. The van der Waals surface area contributed by atoms with E-state index in [1.54, 1.807) is 0 Å². The van der Waals surface area contributed by atoms with Crippen LogP contribution in [0.5, 0.6) is 0 Å². The number of likely N-dealkylation sites (tertiary alicyclic amines) is 1. The van der Waals surface area contributed by atoms with E-state index < -0.39 is 0 Å². The Bertz CT molecular complexity index is 1090. The van der Waals surface area contributed by atoms with Gasteiger partial charge in [-0.15, -0.1) is 23.5 Å². The number of carbonyl (C=O) groups is 1. The summed E-state index contributed by atoms with van der Waals surface area (Å²) < 4.78 is 2.36. The predicted molar refractivity (Wildman–Crippen MR) is 125 cm³/mol. The van der Waals surface area contributed by atoms with Crippen molar-refractivity contribution in [2.24, 2.45) is 0 Å². The van der Waals surface area contributed by atoms with Gasteiger partial charge in [-0.1, -0.05) is 24.3 Å². The van der Waals surface area contributed by atoms with Gasteiger partial charge >= 0.3 is 5.69 Å². The van der Waals surface area contributed by atoms with Crippen LogP contribution in [0.3, 0.4) is 0 Å². The molecular formula is C23H25N3O2S2. The number of fused-ring (bicyclic) bond motifs is 1. The molecule has 2 aromatic carbocycles. The van der Waals surface area contributed by atoms with Crippen LogP contribution in [0.4, 0.5) is 0 Å². The first-order valence-electron chi connectivity index (χ1n) is 10.5. The number of imidazole rings is 1. The van der Waals surface area contributed by atoms with Crippen LogP contribution in [-0.2, 0) is 0 Å². The van der Waals surface area contributed by atoms with Crippen molar-refractivity contribution in [3.63, 3.8) is 0 Å². The fourth-order valence-corrected chi connectivity index (χ4v) is 7.30. The summed E-state index contributed by atoms with van der Waals surface area (Å²) in [5.74, 6) is 2.52. The van der Waals surface area contributed by atoms with E-state index in [1.165, 1.54) is 23.5 Å². The second-order valence-corrected chi connectivity index (χ2v) is 10.6. The quantitative estimate of drug-likeness (QED) is 0.644. The summed E-state index contributed by atoms with van der Waals surface area (Å²) in [7, 11) is 0. The molecule has 156 valence electrons. The van der Waals surface area contributed by atoms with Crippen molar-refractivity contribution in [2.45, 2.75) is 29.9 Å². The molecule has 30 heavy (non-hydrogen) atoms. The first-order valence-corrected chi connectivity index (χ1v) is 12.6. The number of H-pyrrole nitrogens is 1. The van der Waals surface area contributed by atoms with Gasteiger partial charge in [0.2, 0.25) is 0 Å². The fraction of sp³-hybridized carbons (Fsp3) is 0.391. The number of hydrogen-bond donors (Lipinski definition) is 1. The molecule has 3 aromatic rings. The van der Waals surface area contributed by atoms with E-state index in [0.29, 0.717) is 17.7 Å². The van der Waals surface area contributed by atoms with Crippen molar-refractivity contribution < 1.29 is 4.79 Å². The van der Waals surface area contributed by atoms with Gasteiger partial charge in [0.15, 0.2) is 0 Å². The second-order valence-electron chi connectivity index (χ2n) is 7.89.